The molecular weight excluding hydrogens is 1030 g/mol. The van der Waals surface area contributed by atoms with Crippen molar-refractivity contribution >= 4 is 62.4 Å². The normalized spacial score (nSPS) is 24.1. The van der Waals surface area contributed by atoms with Crippen LogP contribution in [0.15, 0.2) is 73.2 Å². The second-order valence-corrected chi connectivity index (χ2v) is 20.1. The van der Waals surface area contributed by atoms with Gasteiger partial charge in [-0.3, -0.25) is 32.8 Å². The molecule has 0 spiro atoms. The summed E-state index contributed by atoms with van der Waals surface area (Å²) < 4.78 is 59.6. The first-order valence-corrected chi connectivity index (χ1v) is 26.5. The van der Waals surface area contributed by atoms with Crippen LogP contribution in [0.5, 0.6) is 5.75 Å². The van der Waals surface area contributed by atoms with Gasteiger partial charge in [-0.05, 0) is 54.2 Å². The number of carbonyl (C=O) groups excluding carboxylic acids is 4. The second kappa shape index (κ2) is 25.8. The monoisotopic (exact) mass is 1100 g/mol. The molecule has 4 amide bonds. The maximum Gasteiger partial charge on any atom is 0.335 e. The molecule has 4 heterocycles. The number of aromatic nitrogens is 3. The minimum absolute atomic E-state index is 0.0150. The van der Waals surface area contributed by atoms with Crippen LogP contribution in [0.25, 0.3) is 11.0 Å². The fourth-order valence-corrected chi connectivity index (χ4v) is 10.1. The largest absolute Gasteiger partial charge is 0.479 e. The van der Waals surface area contributed by atoms with E-state index < -0.39 is 70.8 Å². The van der Waals surface area contributed by atoms with Gasteiger partial charge >= 0.3 is 16.3 Å². The number of amides is 4. The van der Waals surface area contributed by atoms with Gasteiger partial charge in [-0.15, -0.1) is 0 Å². The van der Waals surface area contributed by atoms with E-state index >= 15 is 0 Å². The third-order valence-corrected chi connectivity index (χ3v) is 14.1. The lowest BCUT2D eigenvalue weighted by molar-refractivity contribution is -0.668. The first-order chi connectivity index (χ1) is 36.9. The lowest BCUT2D eigenvalue weighted by Crippen LogP contribution is -2.61. The van der Waals surface area contributed by atoms with E-state index in [2.05, 4.69) is 28.1 Å². The molecule has 1 saturated heterocycles. The number of aliphatic hydroxyl groups is 4. The molecule has 27 heteroatoms. The Morgan fingerprint density at radius 3 is 2.34 bits per heavy atom. The number of fused-ring (bicyclic) bond motifs is 2. The summed E-state index contributed by atoms with van der Waals surface area (Å²) in [6.07, 6.45) is -2.51. The zero-order valence-corrected chi connectivity index (χ0v) is 42.6. The minimum Gasteiger partial charge on any atom is -0.479 e. The molecule has 0 bridgehead atoms. The molecule has 77 heavy (non-hydrogen) atoms. The zero-order valence-electron chi connectivity index (χ0n) is 41.8. The highest BCUT2D eigenvalue weighted by molar-refractivity contribution is 7.84. The summed E-state index contributed by atoms with van der Waals surface area (Å²) in [5.74, 6) is -3.41. The standard InChI is InChI=1S/C50H62N8O18S/c51-77(69,70)74-27-31-24-32(25-37(31)59)57-15-12-34-47(55-35-7-6-30-3-1-2-4-33(30)35)53-28-56(48(34)57)26-29-5-8-38(75-50-45(66)43(64)44(65)46(76-50)49(67)68)36(23-29)54-40(61)11-14-52-39(60)13-17-71-19-21-73-22-20-72-18-16-58-41(62)9-10-42(58)63/h1-5,8-10,12,15,23,28,31-32,35,37,43-46,50,59,64-66H,6-7,11,13-14,16-22,24-27H2,(H5,51,52,54,60,61,67,68,69,70)/p+1/t31-,32+,35-,37-,43+,44+,45-,46+,50-/m1/s1. The molecular formula is C50H63N8O18S+. The molecule has 0 unspecified atom stereocenters. The molecule has 2 aromatic carbocycles. The fourth-order valence-electron chi connectivity index (χ4n) is 9.72. The molecule has 2 aliphatic carbocycles. The van der Waals surface area contributed by atoms with Gasteiger partial charge in [-0.1, -0.05) is 35.3 Å². The minimum atomic E-state index is -4.25. The number of hydrogen-bond acceptors (Lipinski definition) is 19. The van der Waals surface area contributed by atoms with Crippen molar-refractivity contribution in [1.82, 2.24) is 19.8 Å². The van der Waals surface area contributed by atoms with Crippen molar-refractivity contribution in [3.63, 3.8) is 0 Å². The van der Waals surface area contributed by atoms with Crippen LogP contribution in [0, 0.1) is 5.92 Å². The summed E-state index contributed by atoms with van der Waals surface area (Å²) in [7, 11) is -4.25. The third-order valence-electron chi connectivity index (χ3n) is 13.6. The van der Waals surface area contributed by atoms with Crippen molar-refractivity contribution < 1.29 is 90.4 Å². The highest BCUT2D eigenvalue weighted by Gasteiger charge is 2.48. The molecule has 2 fully saturated rings. The van der Waals surface area contributed by atoms with Gasteiger partial charge in [-0.25, -0.2) is 14.5 Å². The number of aliphatic carboxylic acids is 1. The number of carbonyl (C=O) groups is 5. The molecule has 9 atom stereocenters. The number of aliphatic hydroxyl groups excluding tert-OH is 4. The molecule has 26 nitrogen and oxygen atoms in total. The summed E-state index contributed by atoms with van der Waals surface area (Å²) in [5.41, 5.74) is 3.70. The number of nitrogens with two attached hydrogens (primary N) is 1. The van der Waals surface area contributed by atoms with E-state index in [-0.39, 0.29) is 120 Å². The number of nitrogens with zero attached hydrogens (tertiary/aromatic N) is 4. The Balaban J connectivity index is 0.929. The van der Waals surface area contributed by atoms with Gasteiger partial charge in [0.25, 0.3) is 11.8 Å². The van der Waals surface area contributed by atoms with E-state index in [1.807, 2.05) is 33.5 Å². The second-order valence-electron chi connectivity index (χ2n) is 18.9. The lowest BCUT2D eigenvalue weighted by Gasteiger charge is -2.38. The van der Waals surface area contributed by atoms with Crippen molar-refractivity contribution in [3.05, 3.63) is 89.9 Å². The predicted octanol–water partition coefficient (Wildman–Crippen LogP) is -0.916. The summed E-state index contributed by atoms with van der Waals surface area (Å²) in [6.45, 7) is 1.01. The number of aryl methyl sites for hydroxylation is 1. The van der Waals surface area contributed by atoms with Crippen LogP contribution >= 0.6 is 0 Å². The van der Waals surface area contributed by atoms with E-state index in [0.717, 1.165) is 23.1 Å². The summed E-state index contributed by atoms with van der Waals surface area (Å²) in [6, 6.07) is 14.4. The highest BCUT2D eigenvalue weighted by atomic mass is 32.2. The number of imide groups is 1. The van der Waals surface area contributed by atoms with Crippen molar-refractivity contribution in [2.45, 2.75) is 94.0 Å². The van der Waals surface area contributed by atoms with E-state index in [0.29, 0.717) is 23.4 Å². The Morgan fingerprint density at radius 2 is 1.60 bits per heavy atom. The predicted molar refractivity (Wildman–Crippen MR) is 268 cm³/mol. The highest BCUT2D eigenvalue weighted by Crippen LogP contribution is 2.40. The molecule has 0 radical (unpaired) electrons. The number of carboxylic acids is 1. The quantitative estimate of drug-likeness (QED) is 0.0198. The number of carboxylic acid groups (broad SMARTS) is 1. The molecule has 4 aromatic rings. The number of rotatable bonds is 27. The van der Waals surface area contributed by atoms with Crippen molar-refractivity contribution in [3.8, 4) is 5.75 Å². The van der Waals surface area contributed by atoms with Crippen molar-refractivity contribution in [1.29, 1.82) is 0 Å². The Labute approximate surface area is 441 Å². The zero-order chi connectivity index (χ0) is 54.8. The van der Waals surface area contributed by atoms with Gasteiger partial charge in [0.2, 0.25) is 35.9 Å². The first-order valence-electron chi connectivity index (χ1n) is 25.1. The SMILES string of the molecule is NS(=O)(=O)OC[C@H]1C[C@H](n2ccc3c(N[C@@H]4CCc5ccccc54)nc[n+](Cc4ccc(O[C@@H]5O[C@H](C(=O)O)[C@@H](O)[C@H](O)[C@H]5O)c(NC(=O)CCNC(=O)CCOCCOCCOCCN5C(=O)C=CC5=O)c4)c32)C[C@H]1O. The molecule has 2 aromatic heterocycles. The maximum atomic E-state index is 13.6. The molecule has 10 N–H and O–H groups in total. The molecule has 4 aliphatic rings. The molecule has 416 valence electrons. The van der Waals surface area contributed by atoms with Crippen LogP contribution in [0.2, 0.25) is 0 Å². The van der Waals surface area contributed by atoms with Crippen LogP contribution in [0.3, 0.4) is 0 Å². The first kappa shape index (κ1) is 56.7. The summed E-state index contributed by atoms with van der Waals surface area (Å²) in [5, 5.41) is 67.3. The average Bonchev–Trinajstić information content (AvgIpc) is 4.21. The number of ether oxygens (including phenoxy) is 5. The molecule has 8 rings (SSSR count). The Hall–Kier alpha value is -6.50. The van der Waals surface area contributed by atoms with E-state index in [1.165, 1.54) is 29.3 Å². The van der Waals surface area contributed by atoms with Gasteiger partial charge in [-0.2, -0.15) is 8.42 Å². The molecule has 2 aliphatic heterocycles. The van der Waals surface area contributed by atoms with Gasteiger partial charge < -0.3 is 65.2 Å². The Bertz CT molecular complexity index is 2900. The van der Waals surface area contributed by atoms with E-state index in [1.54, 1.807) is 18.5 Å². The van der Waals surface area contributed by atoms with Crippen LogP contribution in [0.1, 0.15) is 60.9 Å². The smallest absolute Gasteiger partial charge is 0.335 e. The van der Waals surface area contributed by atoms with E-state index in [4.69, 9.17) is 38.0 Å². The number of anilines is 2. The Kier molecular flexibility index (Phi) is 19.0. The fraction of sp³-hybridized carbons (Fsp3) is 0.500. The third kappa shape index (κ3) is 14.6. The van der Waals surface area contributed by atoms with E-state index in [9.17, 15) is 57.9 Å². The van der Waals surface area contributed by atoms with Crippen molar-refractivity contribution in [2.75, 3.05) is 70.0 Å². The number of benzene rings is 2. The van der Waals surface area contributed by atoms with Crippen LogP contribution in [-0.2, 0) is 70.4 Å². The molecule has 1 saturated carbocycles. The average molecular weight is 1100 g/mol. The van der Waals surface area contributed by atoms with Crippen LogP contribution in [0.4, 0.5) is 11.5 Å². The summed E-state index contributed by atoms with van der Waals surface area (Å²) in [4.78, 5) is 67.2. The maximum absolute atomic E-state index is 13.6. The van der Waals surface area contributed by atoms with Crippen LogP contribution < -0.4 is 30.4 Å². The Morgan fingerprint density at radius 1 is 0.870 bits per heavy atom. The van der Waals surface area contributed by atoms with Gasteiger partial charge in [0.15, 0.2) is 6.10 Å². The van der Waals surface area contributed by atoms with Crippen molar-refractivity contribution in [2.24, 2.45) is 11.1 Å². The number of nitrogens with one attached hydrogen (secondary N) is 3. The lowest BCUT2D eigenvalue weighted by atomic mass is 9.99. The van der Waals surface area contributed by atoms with Gasteiger partial charge in [0.05, 0.1) is 89.4 Å². The van der Waals surface area contributed by atoms with Crippen LogP contribution in [-0.4, -0.2) is 174 Å². The van der Waals surface area contributed by atoms with Gasteiger partial charge in [0.1, 0.15) is 29.4 Å². The van der Waals surface area contributed by atoms with Gasteiger partial charge in [0, 0.05) is 43.9 Å². The topological polar surface area (TPSA) is 363 Å². The number of hydrogen-bond donors (Lipinski definition) is 9. The summed E-state index contributed by atoms with van der Waals surface area (Å²) >= 11 is 0.